The van der Waals surface area contributed by atoms with Crippen LogP contribution >= 0.6 is 11.8 Å². The van der Waals surface area contributed by atoms with E-state index in [0.29, 0.717) is 6.61 Å². The molecule has 1 aromatic heterocycles. The predicted octanol–water partition coefficient (Wildman–Crippen LogP) is 2.52. The summed E-state index contributed by atoms with van der Waals surface area (Å²) in [4.78, 5) is 19.9. The Hall–Kier alpha value is -1.30. The highest BCUT2D eigenvalue weighted by Gasteiger charge is 2.12. The number of anilines is 1. The summed E-state index contributed by atoms with van der Waals surface area (Å²) in [6.07, 6.45) is 3.44. The van der Waals surface area contributed by atoms with Gasteiger partial charge in [0.15, 0.2) is 0 Å². The molecule has 0 radical (unpaired) electrons. The molecule has 1 N–H and O–H groups in total. The van der Waals surface area contributed by atoms with Crippen molar-refractivity contribution in [2.45, 2.75) is 38.6 Å². The Balaban J connectivity index is 2.80. The molecule has 0 aromatic carbocycles. The molecule has 0 aliphatic heterocycles. The monoisotopic (exact) mass is 283 g/mol. The van der Waals surface area contributed by atoms with Crippen molar-refractivity contribution in [3.05, 3.63) is 11.9 Å². The lowest BCUT2D eigenvalue weighted by Gasteiger charge is -2.12. The summed E-state index contributed by atoms with van der Waals surface area (Å²) < 4.78 is 4.92. The summed E-state index contributed by atoms with van der Waals surface area (Å²) in [5, 5.41) is 4.10. The molecule has 5 nitrogen and oxygen atoms in total. The number of carbonyl (C=O) groups excluding carboxylic acids is 1. The number of hydrogen-bond donors (Lipinski definition) is 1. The largest absolute Gasteiger partial charge is 0.465 e. The zero-order valence-electron chi connectivity index (χ0n) is 11.7. The maximum atomic E-state index is 11.4. The number of ether oxygens (including phenoxy) is 1. The summed E-state index contributed by atoms with van der Waals surface area (Å²) in [5.74, 6) is 0.942. The van der Waals surface area contributed by atoms with Gasteiger partial charge in [0.05, 0.1) is 12.4 Å². The van der Waals surface area contributed by atoms with Crippen molar-refractivity contribution in [2.24, 2.45) is 0 Å². The molecule has 6 heteroatoms. The van der Waals surface area contributed by atoms with Crippen LogP contribution in [0.2, 0.25) is 0 Å². The van der Waals surface area contributed by atoms with Crippen LogP contribution in [0, 0.1) is 0 Å². The second-order valence-electron chi connectivity index (χ2n) is 3.88. The van der Waals surface area contributed by atoms with Crippen molar-refractivity contribution in [1.29, 1.82) is 0 Å². The number of nitrogens with one attached hydrogen (secondary N) is 1. The van der Waals surface area contributed by atoms with E-state index in [0.717, 1.165) is 35.8 Å². The van der Waals surface area contributed by atoms with Gasteiger partial charge in [-0.1, -0.05) is 25.1 Å². The number of rotatable bonds is 8. The van der Waals surface area contributed by atoms with E-state index in [1.165, 1.54) is 18.1 Å². The summed E-state index contributed by atoms with van der Waals surface area (Å²) in [6.45, 7) is 7.17. The Bertz CT molecular complexity index is 413. The number of aromatic nitrogens is 2. The number of thioether (sulfide) groups is 1. The van der Waals surface area contributed by atoms with E-state index in [1.54, 1.807) is 6.92 Å². The minimum absolute atomic E-state index is 0.210. The zero-order valence-corrected chi connectivity index (χ0v) is 12.5. The van der Waals surface area contributed by atoms with Crippen molar-refractivity contribution in [2.75, 3.05) is 24.2 Å². The Morgan fingerprint density at radius 3 is 2.79 bits per heavy atom. The lowest BCUT2D eigenvalue weighted by Crippen LogP contribution is -2.09. The first-order valence-electron chi connectivity index (χ1n) is 6.59. The number of hydrogen-bond acceptors (Lipinski definition) is 6. The first kappa shape index (κ1) is 15.8. The van der Waals surface area contributed by atoms with E-state index in [2.05, 4.69) is 22.2 Å². The third kappa shape index (κ3) is 5.06. The molecule has 0 saturated carbocycles. The second kappa shape index (κ2) is 8.74. The lowest BCUT2D eigenvalue weighted by molar-refractivity contribution is -0.139. The summed E-state index contributed by atoms with van der Waals surface area (Å²) >= 11 is 1.41. The van der Waals surface area contributed by atoms with Crippen molar-refractivity contribution in [1.82, 2.24) is 9.97 Å². The summed E-state index contributed by atoms with van der Waals surface area (Å²) in [5.41, 5.74) is 1.08. The molecule has 0 aliphatic rings. The van der Waals surface area contributed by atoms with E-state index in [-0.39, 0.29) is 11.7 Å². The van der Waals surface area contributed by atoms with Gasteiger partial charge in [0.1, 0.15) is 17.2 Å². The third-order valence-electron chi connectivity index (χ3n) is 2.38. The molecule has 0 amide bonds. The van der Waals surface area contributed by atoms with Gasteiger partial charge in [-0.2, -0.15) is 0 Å². The summed E-state index contributed by atoms with van der Waals surface area (Å²) in [6, 6.07) is 0. The molecule has 106 valence electrons. The van der Waals surface area contributed by atoms with Crippen LogP contribution in [0.4, 0.5) is 5.82 Å². The van der Waals surface area contributed by atoms with Crippen molar-refractivity contribution >= 4 is 23.5 Å². The molecule has 19 heavy (non-hydrogen) atoms. The molecule has 0 spiro atoms. The van der Waals surface area contributed by atoms with Crippen LogP contribution < -0.4 is 5.32 Å². The molecule has 1 rings (SSSR count). The SMILES string of the molecule is CCCc1c(NCC)ncnc1SCC(=O)OCC. The molecular weight excluding hydrogens is 262 g/mol. The van der Waals surface area contributed by atoms with Gasteiger partial charge in [0.2, 0.25) is 0 Å². The van der Waals surface area contributed by atoms with Crippen molar-refractivity contribution in [3.8, 4) is 0 Å². The van der Waals surface area contributed by atoms with Gasteiger partial charge in [0.25, 0.3) is 0 Å². The van der Waals surface area contributed by atoms with Gasteiger partial charge in [-0.25, -0.2) is 9.97 Å². The maximum absolute atomic E-state index is 11.4. The fraction of sp³-hybridized carbons (Fsp3) is 0.615. The molecule has 0 aliphatic carbocycles. The van der Waals surface area contributed by atoms with Crippen molar-refractivity contribution in [3.63, 3.8) is 0 Å². The van der Waals surface area contributed by atoms with Gasteiger partial charge < -0.3 is 10.1 Å². The van der Waals surface area contributed by atoms with E-state index in [4.69, 9.17) is 4.74 Å². The minimum Gasteiger partial charge on any atom is -0.465 e. The molecule has 0 unspecified atom stereocenters. The minimum atomic E-state index is -0.210. The Morgan fingerprint density at radius 1 is 1.37 bits per heavy atom. The normalized spacial score (nSPS) is 10.3. The Labute approximate surface area is 118 Å². The zero-order chi connectivity index (χ0) is 14.1. The average molecular weight is 283 g/mol. The Morgan fingerprint density at radius 2 is 2.16 bits per heavy atom. The van der Waals surface area contributed by atoms with Crippen LogP contribution in [-0.4, -0.2) is 34.8 Å². The van der Waals surface area contributed by atoms with Crippen LogP contribution in [0.1, 0.15) is 32.8 Å². The molecule has 0 bridgehead atoms. The second-order valence-corrected chi connectivity index (χ2v) is 4.84. The smallest absolute Gasteiger partial charge is 0.316 e. The maximum Gasteiger partial charge on any atom is 0.316 e. The van der Waals surface area contributed by atoms with Crippen LogP contribution in [0.15, 0.2) is 11.4 Å². The molecule has 1 aromatic rings. The summed E-state index contributed by atoms with van der Waals surface area (Å²) in [7, 11) is 0. The first-order chi connectivity index (χ1) is 9.22. The van der Waals surface area contributed by atoms with Crippen LogP contribution in [0.3, 0.4) is 0 Å². The highest BCUT2D eigenvalue weighted by molar-refractivity contribution is 7.99. The molecule has 1 heterocycles. The van der Waals surface area contributed by atoms with Crippen molar-refractivity contribution < 1.29 is 9.53 Å². The van der Waals surface area contributed by atoms with Gasteiger partial charge in [-0.3, -0.25) is 4.79 Å². The fourth-order valence-electron chi connectivity index (χ4n) is 1.65. The van der Waals surface area contributed by atoms with Gasteiger partial charge in [0, 0.05) is 12.1 Å². The van der Waals surface area contributed by atoms with Gasteiger partial charge >= 0.3 is 5.97 Å². The lowest BCUT2D eigenvalue weighted by atomic mass is 10.2. The fourth-order valence-corrected chi connectivity index (χ4v) is 2.48. The third-order valence-corrected chi connectivity index (χ3v) is 3.39. The number of nitrogens with zero attached hydrogens (tertiary/aromatic N) is 2. The van der Waals surface area contributed by atoms with E-state index >= 15 is 0 Å². The average Bonchev–Trinajstić information content (AvgIpc) is 2.40. The van der Waals surface area contributed by atoms with Gasteiger partial charge in [-0.05, 0) is 20.3 Å². The Kier molecular flexibility index (Phi) is 7.25. The van der Waals surface area contributed by atoms with Gasteiger partial charge in [-0.15, -0.1) is 0 Å². The van der Waals surface area contributed by atoms with Crippen LogP contribution in [0.25, 0.3) is 0 Å². The molecule has 0 atom stereocenters. The first-order valence-corrected chi connectivity index (χ1v) is 7.57. The van der Waals surface area contributed by atoms with E-state index in [9.17, 15) is 4.79 Å². The number of esters is 1. The number of carbonyl (C=O) groups is 1. The highest BCUT2D eigenvalue weighted by atomic mass is 32.2. The van der Waals surface area contributed by atoms with Crippen LogP contribution in [-0.2, 0) is 16.0 Å². The molecule has 0 saturated heterocycles. The van der Waals surface area contributed by atoms with E-state index in [1.807, 2.05) is 6.92 Å². The van der Waals surface area contributed by atoms with Crippen LogP contribution in [0.5, 0.6) is 0 Å². The standard InChI is InChI=1S/C13H21N3O2S/c1-4-7-10-12(14-5-2)15-9-16-13(10)19-8-11(17)18-6-3/h9H,4-8H2,1-3H3,(H,14,15,16). The highest BCUT2D eigenvalue weighted by Crippen LogP contribution is 2.26. The topological polar surface area (TPSA) is 64.1 Å². The quantitative estimate of drug-likeness (QED) is 0.449. The molecule has 0 fully saturated rings. The molecular formula is C13H21N3O2S. The predicted molar refractivity (Wildman–Crippen MR) is 77.5 cm³/mol. The van der Waals surface area contributed by atoms with E-state index < -0.39 is 0 Å².